The molecule has 24 heavy (non-hydrogen) atoms. The van der Waals surface area contributed by atoms with E-state index >= 15 is 0 Å². The van der Waals surface area contributed by atoms with Gasteiger partial charge in [-0.05, 0) is 18.2 Å². The molecular formula is C18H14BrNO4. The summed E-state index contributed by atoms with van der Waals surface area (Å²) in [7, 11) is 1.53. The number of ether oxygens (including phenoxy) is 1. The Morgan fingerprint density at radius 1 is 1.21 bits per heavy atom. The van der Waals surface area contributed by atoms with Crippen molar-refractivity contribution in [2.75, 3.05) is 7.11 Å². The molecule has 0 bridgehead atoms. The Balaban J connectivity index is 2.22. The molecule has 0 aliphatic rings. The lowest BCUT2D eigenvalue weighted by Gasteiger charge is -2.03. The minimum Gasteiger partial charge on any atom is -0.495 e. The monoisotopic (exact) mass is 387 g/mol. The number of halogens is 1. The molecule has 0 amide bonds. The number of aromatic amines is 1. The van der Waals surface area contributed by atoms with E-state index in [2.05, 4.69) is 20.9 Å². The maximum atomic E-state index is 12.9. The Hall–Kier alpha value is -2.60. The van der Waals surface area contributed by atoms with E-state index in [1.807, 2.05) is 6.07 Å². The second-order valence-corrected chi connectivity index (χ2v) is 6.19. The maximum Gasteiger partial charge on any atom is 0.307 e. The lowest BCUT2D eigenvalue weighted by molar-refractivity contribution is -0.136. The van der Waals surface area contributed by atoms with Gasteiger partial charge in [0, 0.05) is 21.0 Å². The fourth-order valence-corrected chi connectivity index (χ4v) is 3.12. The number of methoxy groups -OCH3 is 1. The molecule has 0 radical (unpaired) electrons. The third-order valence-corrected chi connectivity index (χ3v) is 4.26. The number of H-pyrrole nitrogens is 1. The molecule has 1 heterocycles. The number of ketones is 1. The second kappa shape index (κ2) is 6.49. The summed E-state index contributed by atoms with van der Waals surface area (Å²) in [6.07, 6.45) is -0.248. The number of aromatic nitrogens is 1. The highest BCUT2D eigenvalue weighted by Crippen LogP contribution is 2.31. The van der Waals surface area contributed by atoms with E-state index < -0.39 is 5.97 Å². The standard InChI is InChI=1S/C18H14BrNO4/c1-24-14-7-3-6-12-13(9-15(21)22)17(20-16(12)14)18(23)10-4-2-5-11(19)8-10/h2-8,20H,9H2,1H3,(H,21,22). The molecule has 0 unspecified atom stereocenters. The van der Waals surface area contributed by atoms with Gasteiger partial charge in [-0.1, -0.05) is 40.2 Å². The summed E-state index contributed by atoms with van der Waals surface area (Å²) < 4.78 is 6.09. The van der Waals surface area contributed by atoms with Gasteiger partial charge < -0.3 is 14.8 Å². The number of rotatable bonds is 5. The summed E-state index contributed by atoms with van der Waals surface area (Å²) in [5.41, 5.74) is 1.83. The first-order valence-electron chi connectivity index (χ1n) is 7.21. The molecule has 3 rings (SSSR count). The van der Waals surface area contributed by atoms with Gasteiger partial charge in [0.25, 0.3) is 0 Å². The SMILES string of the molecule is COc1cccc2c(CC(=O)O)c(C(=O)c3cccc(Br)c3)[nH]c12. The van der Waals surface area contributed by atoms with E-state index in [1.54, 1.807) is 36.4 Å². The van der Waals surface area contributed by atoms with Gasteiger partial charge in [0.1, 0.15) is 5.75 Å². The first kappa shape index (κ1) is 16.3. The number of carboxylic acids is 1. The number of hydrogen-bond donors (Lipinski definition) is 2. The van der Waals surface area contributed by atoms with Crippen molar-refractivity contribution in [3.8, 4) is 5.75 Å². The molecule has 0 fully saturated rings. The van der Waals surface area contributed by atoms with E-state index in [1.165, 1.54) is 7.11 Å². The molecule has 6 heteroatoms. The first-order chi connectivity index (χ1) is 11.5. The minimum absolute atomic E-state index is 0.248. The summed E-state index contributed by atoms with van der Waals surface area (Å²) in [6, 6.07) is 12.3. The van der Waals surface area contributed by atoms with Crippen molar-refractivity contribution < 1.29 is 19.4 Å². The van der Waals surface area contributed by atoms with Crippen LogP contribution in [0.1, 0.15) is 21.6 Å². The molecule has 2 aromatic carbocycles. The third kappa shape index (κ3) is 2.92. The van der Waals surface area contributed by atoms with Gasteiger partial charge in [-0.2, -0.15) is 0 Å². The highest BCUT2D eigenvalue weighted by atomic mass is 79.9. The van der Waals surface area contributed by atoms with Crippen LogP contribution in [0.25, 0.3) is 10.9 Å². The molecule has 122 valence electrons. The minimum atomic E-state index is -0.998. The van der Waals surface area contributed by atoms with Crippen LogP contribution in [0.3, 0.4) is 0 Å². The van der Waals surface area contributed by atoms with Gasteiger partial charge in [-0.15, -0.1) is 0 Å². The lowest BCUT2D eigenvalue weighted by atomic mass is 10.0. The first-order valence-corrected chi connectivity index (χ1v) is 8.00. The molecule has 0 atom stereocenters. The van der Waals surface area contributed by atoms with Gasteiger partial charge >= 0.3 is 5.97 Å². The zero-order valence-electron chi connectivity index (χ0n) is 12.8. The van der Waals surface area contributed by atoms with Gasteiger partial charge in [-0.25, -0.2) is 0 Å². The van der Waals surface area contributed by atoms with Crippen LogP contribution in [-0.2, 0) is 11.2 Å². The van der Waals surface area contributed by atoms with Crippen molar-refractivity contribution >= 4 is 38.6 Å². The summed E-state index contributed by atoms with van der Waals surface area (Å²) in [6.45, 7) is 0. The molecular weight excluding hydrogens is 374 g/mol. The average Bonchev–Trinajstić information content (AvgIpc) is 2.92. The van der Waals surface area contributed by atoms with Crippen LogP contribution >= 0.6 is 15.9 Å². The molecule has 3 aromatic rings. The van der Waals surface area contributed by atoms with Crippen LogP contribution in [0.15, 0.2) is 46.9 Å². The molecule has 0 saturated carbocycles. The number of carbonyl (C=O) groups excluding carboxylic acids is 1. The number of aliphatic carboxylic acids is 1. The normalized spacial score (nSPS) is 10.8. The molecule has 0 saturated heterocycles. The number of carbonyl (C=O) groups is 2. The highest BCUT2D eigenvalue weighted by Gasteiger charge is 2.22. The molecule has 0 spiro atoms. The number of fused-ring (bicyclic) bond motifs is 1. The van der Waals surface area contributed by atoms with Crippen molar-refractivity contribution in [3.05, 3.63) is 63.8 Å². The molecule has 1 aromatic heterocycles. The number of para-hydroxylation sites is 1. The summed E-state index contributed by atoms with van der Waals surface area (Å²) in [4.78, 5) is 27.2. The largest absolute Gasteiger partial charge is 0.495 e. The second-order valence-electron chi connectivity index (χ2n) is 5.27. The highest BCUT2D eigenvalue weighted by molar-refractivity contribution is 9.10. The molecule has 0 aliphatic carbocycles. The third-order valence-electron chi connectivity index (χ3n) is 3.76. The van der Waals surface area contributed by atoms with Crippen LogP contribution in [0.5, 0.6) is 5.75 Å². The van der Waals surface area contributed by atoms with Crippen molar-refractivity contribution in [1.82, 2.24) is 4.98 Å². The topological polar surface area (TPSA) is 79.4 Å². The summed E-state index contributed by atoms with van der Waals surface area (Å²) in [5, 5.41) is 9.90. The van der Waals surface area contributed by atoms with Crippen molar-refractivity contribution in [1.29, 1.82) is 0 Å². The van der Waals surface area contributed by atoms with Crippen LogP contribution in [0, 0.1) is 0 Å². The van der Waals surface area contributed by atoms with Crippen LogP contribution < -0.4 is 4.74 Å². The van der Waals surface area contributed by atoms with E-state index in [9.17, 15) is 14.7 Å². The van der Waals surface area contributed by atoms with Gasteiger partial charge in [0.05, 0.1) is 24.7 Å². The maximum absolute atomic E-state index is 12.9. The number of nitrogens with one attached hydrogen (secondary N) is 1. The Morgan fingerprint density at radius 2 is 1.96 bits per heavy atom. The Bertz CT molecular complexity index is 945. The van der Waals surface area contributed by atoms with Crippen LogP contribution in [0.4, 0.5) is 0 Å². The van der Waals surface area contributed by atoms with Crippen molar-refractivity contribution in [3.63, 3.8) is 0 Å². The van der Waals surface area contributed by atoms with Gasteiger partial charge in [-0.3, -0.25) is 9.59 Å². The Labute approximate surface area is 146 Å². The van der Waals surface area contributed by atoms with E-state index in [4.69, 9.17) is 4.74 Å². The Kier molecular flexibility index (Phi) is 4.40. The number of hydrogen-bond acceptors (Lipinski definition) is 3. The smallest absolute Gasteiger partial charge is 0.307 e. The number of carboxylic acid groups (broad SMARTS) is 1. The van der Waals surface area contributed by atoms with E-state index in [0.717, 1.165) is 4.47 Å². The predicted molar refractivity (Wildman–Crippen MR) is 93.8 cm³/mol. The van der Waals surface area contributed by atoms with Crippen molar-refractivity contribution in [2.24, 2.45) is 0 Å². The van der Waals surface area contributed by atoms with E-state index in [0.29, 0.717) is 27.8 Å². The summed E-state index contributed by atoms with van der Waals surface area (Å²) in [5.74, 6) is -0.694. The molecule has 0 aliphatic heterocycles. The van der Waals surface area contributed by atoms with Crippen LogP contribution in [0.2, 0.25) is 0 Å². The molecule has 5 nitrogen and oxygen atoms in total. The fraction of sp³-hybridized carbons (Fsp3) is 0.111. The summed E-state index contributed by atoms with van der Waals surface area (Å²) >= 11 is 3.34. The lowest BCUT2D eigenvalue weighted by Crippen LogP contribution is -2.08. The quantitative estimate of drug-likeness (QED) is 0.652. The van der Waals surface area contributed by atoms with Crippen LogP contribution in [-0.4, -0.2) is 29.0 Å². The number of benzene rings is 2. The van der Waals surface area contributed by atoms with Crippen molar-refractivity contribution in [2.45, 2.75) is 6.42 Å². The average molecular weight is 388 g/mol. The van der Waals surface area contributed by atoms with Gasteiger partial charge in [0.15, 0.2) is 0 Å². The predicted octanol–water partition coefficient (Wildman–Crippen LogP) is 3.80. The van der Waals surface area contributed by atoms with Gasteiger partial charge in [0.2, 0.25) is 5.78 Å². The fourth-order valence-electron chi connectivity index (χ4n) is 2.72. The Morgan fingerprint density at radius 3 is 2.62 bits per heavy atom. The zero-order chi connectivity index (χ0) is 17.3. The van der Waals surface area contributed by atoms with E-state index in [-0.39, 0.29) is 17.9 Å². The molecule has 2 N–H and O–H groups in total. The zero-order valence-corrected chi connectivity index (χ0v) is 14.4.